The van der Waals surface area contributed by atoms with Crippen molar-refractivity contribution in [3.05, 3.63) is 42.2 Å². The minimum atomic E-state index is -0.0743. The Hall–Kier alpha value is -2.18. The molecule has 2 heterocycles. The molecule has 6 nitrogen and oxygen atoms in total. The Kier molecular flexibility index (Phi) is 4.97. The maximum absolute atomic E-state index is 12.8. The highest BCUT2D eigenvalue weighted by Crippen LogP contribution is 2.26. The number of hydrogen-bond donors (Lipinski definition) is 2. The summed E-state index contributed by atoms with van der Waals surface area (Å²) < 4.78 is 5.48. The van der Waals surface area contributed by atoms with Crippen molar-refractivity contribution in [2.45, 2.75) is 18.4 Å². The van der Waals surface area contributed by atoms with Crippen LogP contribution in [0.25, 0.3) is 11.4 Å². The predicted molar refractivity (Wildman–Crippen MR) is 92.8 cm³/mol. The molecule has 3 rings (SSSR count). The number of rotatable bonds is 5. The maximum atomic E-state index is 12.8. The first kappa shape index (κ1) is 16.7. The molecule has 0 unspecified atom stereocenters. The Morgan fingerprint density at radius 2 is 2.08 bits per heavy atom. The molecule has 2 N–H and O–H groups in total. The van der Waals surface area contributed by atoms with Crippen molar-refractivity contribution in [2.75, 3.05) is 33.9 Å². The highest BCUT2D eigenvalue weighted by atomic mass is 16.5. The fraction of sp³-hybridized carbons (Fsp3) is 0.444. The maximum Gasteiger partial charge on any atom is 0.252 e. The van der Waals surface area contributed by atoms with Crippen molar-refractivity contribution >= 4 is 5.91 Å². The molecule has 1 aromatic carbocycles. The molecule has 24 heavy (non-hydrogen) atoms. The molecule has 1 aliphatic heterocycles. The van der Waals surface area contributed by atoms with Gasteiger partial charge in [0.05, 0.1) is 5.56 Å². The number of aromatic amines is 1. The summed E-state index contributed by atoms with van der Waals surface area (Å²) in [5.41, 5.74) is 1.40. The van der Waals surface area contributed by atoms with Crippen molar-refractivity contribution in [2.24, 2.45) is 0 Å². The standard InChI is InChI=1S/C18H24N4O2/c1-22(2)18(7-11-24-12-8-18)13-21-17(23)15-6-4-3-5-14(15)16-19-9-10-20-16/h3-6,9-10H,7-8,11-13H2,1-2H3,(H,19,20)(H,21,23). The van der Waals surface area contributed by atoms with Gasteiger partial charge in [0, 0.05) is 43.3 Å². The van der Waals surface area contributed by atoms with Gasteiger partial charge in [0.2, 0.25) is 0 Å². The van der Waals surface area contributed by atoms with Crippen molar-refractivity contribution < 1.29 is 9.53 Å². The number of carbonyl (C=O) groups is 1. The van der Waals surface area contributed by atoms with Gasteiger partial charge in [0.25, 0.3) is 5.91 Å². The van der Waals surface area contributed by atoms with Crippen LogP contribution in [0, 0.1) is 0 Å². The van der Waals surface area contributed by atoms with Crippen LogP contribution in [0.2, 0.25) is 0 Å². The molecule has 1 amide bonds. The van der Waals surface area contributed by atoms with Crippen molar-refractivity contribution in [1.29, 1.82) is 0 Å². The van der Waals surface area contributed by atoms with E-state index in [2.05, 4.69) is 34.3 Å². The Labute approximate surface area is 142 Å². The van der Waals surface area contributed by atoms with Crippen LogP contribution < -0.4 is 5.32 Å². The lowest BCUT2D eigenvalue weighted by Crippen LogP contribution is -2.55. The SMILES string of the molecule is CN(C)C1(CNC(=O)c2ccccc2-c2ncc[nH]2)CCOCC1. The molecular formula is C18H24N4O2. The topological polar surface area (TPSA) is 70.2 Å². The zero-order chi connectivity index (χ0) is 17.0. The molecule has 0 bridgehead atoms. The number of ether oxygens (including phenoxy) is 1. The van der Waals surface area contributed by atoms with Crippen LogP contribution in [0.4, 0.5) is 0 Å². The molecule has 1 fully saturated rings. The summed E-state index contributed by atoms with van der Waals surface area (Å²) in [6.07, 6.45) is 5.28. The molecule has 0 spiro atoms. The molecule has 0 atom stereocenters. The number of nitrogens with zero attached hydrogens (tertiary/aromatic N) is 2. The van der Waals surface area contributed by atoms with Crippen LogP contribution in [0.5, 0.6) is 0 Å². The van der Waals surface area contributed by atoms with E-state index in [4.69, 9.17) is 4.74 Å². The smallest absolute Gasteiger partial charge is 0.252 e. The summed E-state index contributed by atoms with van der Waals surface area (Å²) in [5.74, 6) is 0.629. The second-order valence-corrected chi connectivity index (χ2v) is 6.40. The van der Waals surface area contributed by atoms with Gasteiger partial charge in [-0.1, -0.05) is 18.2 Å². The second kappa shape index (κ2) is 7.15. The van der Waals surface area contributed by atoms with Gasteiger partial charge in [0.1, 0.15) is 5.82 Å². The van der Waals surface area contributed by atoms with Gasteiger partial charge in [-0.3, -0.25) is 4.79 Å². The van der Waals surface area contributed by atoms with Gasteiger partial charge < -0.3 is 19.9 Å². The lowest BCUT2D eigenvalue weighted by atomic mass is 9.88. The van der Waals surface area contributed by atoms with Crippen molar-refractivity contribution in [3.8, 4) is 11.4 Å². The number of benzene rings is 1. The largest absolute Gasteiger partial charge is 0.381 e. The fourth-order valence-corrected chi connectivity index (χ4v) is 3.17. The van der Waals surface area contributed by atoms with Gasteiger partial charge in [-0.2, -0.15) is 0 Å². The number of hydrogen-bond acceptors (Lipinski definition) is 4. The van der Waals surface area contributed by atoms with Gasteiger partial charge in [-0.25, -0.2) is 4.98 Å². The summed E-state index contributed by atoms with van der Waals surface area (Å²) in [4.78, 5) is 22.3. The number of nitrogens with one attached hydrogen (secondary N) is 2. The van der Waals surface area contributed by atoms with Gasteiger partial charge in [0.15, 0.2) is 0 Å². The number of H-pyrrole nitrogens is 1. The summed E-state index contributed by atoms with van der Waals surface area (Å²) in [6.45, 7) is 2.07. The predicted octanol–water partition coefficient (Wildman–Crippen LogP) is 1.92. The van der Waals surface area contributed by atoms with Crippen LogP contribution in [0.3, 0.4) is 0 Å². The van der Waals surface area contributed by atoms with E-state index in [9.17, 15) is 4.79 Å². The number of amides is 1. The van der Waals surface area contributed by atoms with E-state index in [0.717, 1.165) is 31.6 Å². The molecule has 0 aliphatic carbocycles. The first-order chi connectivity index (χ1) is 11.6. The molecule has 1 saturated heterocycles. The van der Waals surface area contributed by atoms with Crippen LogP contribution >= 0.6 is 0 Å². The summed E-state index contributed by atoms with van der Waals surface area (Å²) in [6, 6.07) is 7.52. The van der Waals surface area contributed by atoms with E-state index in [0.29, 0.717) is 17.9 Å². The second-order valence-electron chi connectivity index (χ2n) is 6.40. The first-order valence-electron chi connectivity index (χ1n) is 8.24. The highest BCUT2D eigenvalue weighted by molar-refractivity contribution is 6.00. The molecule has 6 heteroatoms. The van der Waals surface area contributed by atoms with E-state index in [1.807, 2.05) is 24.3 Å². The Bertz CT molecular complexity index is 676. The molecule has 128 valence electrons. The number of carbonyl (C=O) groups excluding carboxylic acids is 1. The number of likely N-dealkylation sites (N-methyl/N-ethyl adjacent to an activating group) is 1. The van der Waals surface area contributed by atoms with Gasteiger partial charge in [-0.05, 0) is 33.0 Å². The molecule has 0 radical (unpaired) electrons. The zero-order valence-corrected chi connectivity index (χ0v) is 14.2. The Balaban J connectivity index is 1.76. The minimum absolute atomic E-state index is 0.0481. The van der Waals surface area contributed by atoms with E-state index >= 15 is 0 Å². The van der Waals surface area contributed by atoms with Gasteiger partial charge in [-0.15, -0.1) is 0 Å². The third-order valence-corrected chi connectivity index (χ3v) is 4.88. The van der Waals surface area contributed by atoms with Crippen molar-refractivity contribution in [1.82, 2.24) is 20.2 Å². The number of aromatic nitrogens is 2. The van der Waals surface area contributed by atoms with Crippen LogP contribution in [0.15, 0.2) is 36.7 Å². The first-order valence-corrected chi connectivity index (χ1v) is 8.24. The normalized spacial score (nSPS) is 17.0. The Morgan fingerprint density at radius 1 is 1.33 bits per heavy atom. The van der Waals surface area contributed by atoms with Crippen LogP contribution in [-0.4, -0.2) is 60.2 Å². The minimum Gasteiger partial charge on any atom is -0.381 e. The Morgan fingerprint density at radius 3 is 2.75 bits per heavy atom. The third kappa shape index (κ3) is 3.34. The molecule has 2 aromatic rings. The monoisotopic (exact) mass is 328 g/mol. The quantitative estimate of drug-likeness (QED) is 0.880. The molecular weight excluding hydrogens is 304 g/mol. The summed E-state index contributed by atoms with van der Waals surface area (Å²) in [7, 11) is 4.13. The lowest BCUT2D eigenvalue weighted by Gasteiger charge is -2.42. The summed E-state index contributed by atoms with van der Waals surface area (Å²) >= 11 is 0. The van der Waals surface area contributed by atoms with Crippen LogP contribution in [0.1, 0.15) is 23.2 Å². The molecule has 1 aliphatic rings. The van der Waals surface area contributed by atoms with E-state index < -0.39 is 0 Å². The highest BCUT2D eigenvalue weighted by Gasteiger charge is 2.35. The summed E-state index contributed by atoms with van der Waals surface area (Å²) in [5, 5.41) is 3.12. The van der Waals surface area contributed by atoms with Crippen molar-refractivity contribution in [3.63, 3.8) is 0 Å². The zero-order valence-electron chi connectivity index (χ0n) is 14.2. The van der Waals surface area contributed by atoms with E-state index in [-0.39, 0.29) is 11.4 Å². The molecule has 1 aromatic heterocycles. The molecule has 0 saturated carbocycles. The average molecular weight is 328 g/mol. The average Bonchev–Trinajstić information content (AvgIpc) is 3.15. The van der Waals surface area contributed by atoms with Crippen LogP contribution in [-0.2, 0) is 4.74 Å². The lowest BCUT2D eigenvalue weighted by molar-refractivity contribution is -0.00657. The van der Waals surface area contributed by atoms with E-state index in [1.165, 1.54) is 0 Å². The van der Waals surface area contributed by atoms with Gasteiger partial charge >= 0.3 is 0 Å². The third-order valence-electron chi connectivity index (χ3n) is 4.88. The number of imidazole rings is 1. The van der Waals surface area contributed by atoms with E-state index in [1.54, 1.807) is 12.4 Å². The fourth-order valence-electron chi connectivity index (χ4n) is 3.17.